The highest BCUT2D eigenvalue weighted by atomic mass is 35.5. The predicted molar refractivity (Wildman–Crippen MR) is 143 cm³/mol. The number of benzene rings is 2. The van der Waals surface area contributed by atoms with E-state index in [2.05, 4.69) is 4.98 Å². The van der Waals surface area contributed by atoms with Crippen molar-refractivity contribution in [3.63, 3.8) is 0 Å². The molecule has 0 amide bonds. The maximum atomic E-state index is 13.7. The van der Waals surface area contributed by atoms with Gasteiger partial charge in [0.1, 0.15) is 23.7 Å². The lowest BCUT2D eigenvalue weighted by atomic mass is 10.1. The SMILES string of the molecule is COc1ccc(CO[C@@H]2[C@H]3OC(C)(C)O[C@H]3O[C@@H]2C(=O)c2cn3c(C(=O)c4ccc(Cl)cc4)cnc3s2)cc1. The third-order valence-electron chi connectivity index (χ3n) is 6.64. The number of hydrogen-bond acceptors (Lipinski definition) is 9. The number of hydrogen-bond donors (Lipinski definition) is 0. The van der Waals surface area contributed by atoms with E-state index in [1.807, 2.05) is 24.3 Å². The number of ether oxygens (including phenoxy) is 5. The van der Waals surface area contributed by atoms with Crippen LogP contribution in [0.2, 0.25) is 5.02 Å². The zero-order valence-corrected chi connectivity index (χ0v) is 22.9. The molecule has 0 radical (unpaired) electrons. The van der Waals surface area contributed by atoms with E-state index in [1.165, 1.54) is 17.5 Å². The van der Waals surface area contributed by atoms with Gasteiger partial charge in [-0.3, -0.25) is 14.0 Å². The summed E-state index contributed by atoms with van der Waals surface area (Å²) in [4.78, 5) is 32.1. The molecular weight excluding hydrogens is 544 g/mol. The van der Waals surface area contributed by atoms with Gasteiger partial charge in [0.05, 0.1) is 24.8 Å². The molecule has 0 unspecified atom stereocenters. The molecule has 202 valence electrons. The molecule has 2 saturated heterocycles. The largest absolute Gasteiger partial charge is 0.497 e. The zero-order chi connectivity index (χ0) is 27.3. The van der Waals surface area contributed by atoms with Gasteiger partial charge in [0.2, 0.25) is 11.6 Å². The van der Waals surface area contributed by atoms with Crippen LogP contribution in [0.15, 0.2) is 60.9 Å². The lowest BCUT2D eigenvalue weighted by Gasteiger charge is -2.25. The first-order valence-corrected chi connectivity index (χ1v) is 13.5. The molecule has 2 aliphatic rings. The van der Waals surface area contributed by atoms with Crippen LogP contribution in [0, 0.1) is 0 Å². The third-order valence-corrected chi connectivity index (χ3v) is 7.91. The van der Waals surface area contributed by atoms with Gasteiger partial charge in [0, 0.05) is 16.8 Å². The molecule has 2 fully saturated rings. The van der Waals surface area contributed by atoms with Gasteiger partial charge in [0.25, 0.3) is 0 Å². The van der Waals surface area contributed by atoms with Crippen LogP contribution in [0.4, 0.5) is 0 Å². The highest BCUT2D eigenvalue weighted by Crippen LogP contribution is 2.40. The second-order valence-electron chi connectivity index (χ2n) is 9.74. The molecular formula is C28H25ClN2O7S. The Labute approximate surface area is 233 Å². The fourth-order valence-corrected chi connectivity index (χ4v) is 5.80. The highest BCUT2D eigenvalue weighted by molar-refractivity contribution is 7.19. The minimum absolute atomic E-state index is 0.229. The monoisotopic (exact) mass is 568 g/mol. The van der Waals surface area contributed by atoms with Crippen LogP contribution in [0.1, 0.15) is 45.1 Å². The Morgan fingerprint density at radius 2 is 1.85 bits per heavy atom. The fraction of sp³-hybridized carbons (Fsp3) is 0.321. The number of imidazole rings is 1. The molecule has 0 spiro atoms. The van der Waals surface area contributed by atoms with Crippen molar-refractivity contribution in [1.29, 1.82) is 0 Å². The summed E-state index contributed by atoms with van der Waals surface area (Å²) >= 11 is 7.13. The molecule has 39 heavy (non-hydrogen) atoms. The second kappa shape index (κ2) is 10.1. The number of carbonyl (C=O) groups excluding carboxylic acids is 2. The van der Waals surface area contributed by atoms with E-state index in [0.29, 0.717) is 26.1 Å². The molecule has 9 nitrogen and oxygen atoms in total. The number of Topliss-reactive ketones (excluding diaryl/α,β-unsaturated/α-hetero) is 1. The zero-order valence-electron chi connectivity index (χ0n) is 21.3. The molecule has 11 heteroatoms. The van der Waals surface area contributed by atoms with Gasteiger partial charge in [0.15, 0.2) is 23.1 Å². The van der Waals surface area contributed by atoms with E-state index in [9.17, 15) is 9.59 Å². The first-order chi connectivity index (χ1) is 18.7. The number of fused-ring (bicyclic) bond motifs is 2. The van der Waals surface area contributed by atoms with E-state index in [-0.39, 0.29) is 18.2 Å². The van der Waals surface area contributed by atoms with Crippen LogP contribution in [-0.4, -0.2) is 58.4 Å². The lowest BCUT2D eigenvalue weighted by Crippen LogP contribution is -2.40. The average molecular weight is 569 g/mol. The molecule has 2 aromatic heterocycles. The molecule has 0 bridgehead atoms. The first-order valence-electron chi connectivity index (χ1n) is 12.3. The summed E-state index contributed by atoms with van der Waals surface area (Å²) in [7, 11) is 1.61. The van der Waals surface area contributed by atoms with E-state index in [4.69, 9.17) is 35.3 Å². The van der Waals surface area contributed by atoms with E-state index < -0.39 is 30.4 Å². The van der Waals surface area contributed by atoms with Crippen LogP contribution in [0.5, 0.6) is 5.75 Å². The molecule has 4 atom stereocenters. The minimum atomic E-state index is -0.965. The van der Waals surface area contributed by atoms with Crippen molar-refractivity contribution in [2.24, 2.45) is 0 Å². The van der Waals surface area contributed by atoms with Crippen molar-refractivity contribution in [1.82, 2.24) is 9.38 Å². The summed E-state index contributed by atoms with van der Waals surface area (Å²) < 4.78 is 31.1. The highest BCUT2D eigenvalue weighted by Gasteiger charge is 2.57. The third kappa shape index (κ3) is 5.00. The lowest BCUT2D eigenvalue weighted by molar-refractivity contribution is -0.212. The Kier molecular flexibility index (Phi) is 6.78. The van der Waals surface area contributed by atoms with Gasteiger partial charge in [-0.05, 0) is 55.8 Å². The minimum Gasteiger partial charge on any atom is -0.497 e. The molecule has 0 aliphatic carbocycles. The molecule has 2 aliphatic heterocycles. The van der Waals surface area contributed by atoms with Crippen molar-refractivity contribution in [2.45, 2.75) is 50.8 Å². The van der Waals surface area contributed by atoms with Crippen LogP contribution in [-0.2, 0) is 25.6 Å². The number of rotatable bonds is 8. The molecule has 4 heterocycles. The van der Waals surface area contributed by atoms with Crippen molar-refractivity contribution >= 4 is 39.5 Å². The molecule has 0 N–H and O–H groups in total. The normalized spacial score (nSPS) is 23.7. The topological polar surface area (TPSA) is 97.6 Å². The van der Waals surface area contributed by atoms with Gasteiger partial charge in [-0.15, -0.1) is 0 Å². The summed E-state index contributed by atoms with van der Waals surface area (Å²) in [5, 5.41) is 0.537. The predicted octanol–water partition coefficient (Wildman–Crippen LogP) is 4.93. The molecule has 4 aromatic rings. The summed E-state index contributed by atoms with van der Waals surface area (Å²) in [6, 6.07) is 14.1. The van der Waals surface area contributed by atoms with Crippen molar-refractivity contribution < 1.29 is 33.3 Å². The summed E-state index contributed by atoms with van der Waals surface area (Å²) in [6.45, 7) is 3.82. The Balaban J connectivity index is 1.25. The van der Waals surface area contributed by atoms with Gasteiger partial charge in [-0.1, -0.05) is 35.1 Å². The van der Waals surface area contributed by atoms with Crippen LogP contribution < -0.4 is 4.74 Å². The van der Waals surface area contributed by atoms with Crippen molar-refractivity contribution in [3.05, 3.63) is 87.6 Å². The van der Waals surface area contributed by atoms with Crippen LogP contribution >= 0.6 is 22.9 Å². The maximum absolute atomic E-state index is 13.7. The maximum Gasteiger partial charge on any atom is 0.211 e. The second-order valence-corrected chi connectivity index (χ2v) is 11.2. The molecule has 2 aromatic carbocycles. The number of carbonyl (C=O) groups is 2. The number of nitrogens with zero attached hydrogens (tertiary/aromatic N) is 2. The van der Waals surface area contributed by atoms with Gasteiger partial charge < -0.3 is 23.7 Å². The average Bonchev–Trinajstić information content (AvgIpc) is 3.66. The number of ketones is 2. The van der Waals surface area contributed by atoms with Crippen molar-refractivity contribution in [3.8, 4) is 5.75 Å². The van der Waals surface area contributed by atoms with Gasteiger partial charge >= 0.3 is 0 Å². The summed E-state index contributed by atoms with van der Waals surface area (Å²) in [5.41, 5.74) is 1.72. The Hall–Kier alpha value is -3.12. The number of methoxy groups -OCH3 is 1. The Morgan fingerprint density at radius 3 is 2.56 bits per heavy atom. The van der Waals surface area contributed by atoms with Crippen molar-refractivity contribution in [2.75, 3.05) is 7.11 Å². The van der Waals surface area contributed by atoms with Crippen LogP contribution in [0.3, 0.4) is 0 Å². The van der Waals surface area contributed by atoms with E-state index >= 15 is 0 Å². The Bertz CT molecular complexity index is 1530. The number of thiazole rings is 1. The molecule has 0 saturated carbocycles. The standard InChI is InChI=1S/C28H25ClN2O7S/c1-28(2)37-25-24(35-14-15-4-10-18(34-3)11-5-15)23(36-26(25)38-28)22(33)20-13-31-19(12-30-27(31)39-20)21(32)16-6-8-17(29)9-7-16/h4-13,23-26H,14H2,1-3H3/t23-,24+,25-,26-/m1/s1. The number of halogens is 1. The number of aromatic nitrogens is 2. The summed E-state index contributed by atoms with van der Waals surface area (Å²) in [5.74, 6) is -0.658. The van der Waals surface area contributed by atoms with E-state index in [0.717, 1.165) is 11.3 Å². The first kappa shape index (κ1) is 26.1. The molecule has 6 rings (SSSR count). The Morgan fingerprint density at radius 1 is 1.10 bits per heavy atom. The van der Waals surface area contributed by atoms with Gasteiger partial charge in [-0.2, -0.15) is 0 Å². The fourth-order valence-electron chi connectivity index (χ4n) is 4.74. The summed E-state index contributed by atoms with van der Waals surface area (Å²) in [6.07, 6.45) is 0.100. The quantitative estimate of drug-likeness (QED) is 0.276. The van der Waals surface area contributed by atoms with Crippen LogP contribution in [0.25, 0.3) is 4.96 Å². The van der Waals surface area contributed by atoms with E-state index in [1.54, 1.807) is 55.8 Å². The smallest absolute Gasteiger partial charge is 0.211 e. The van der Waals surface area contributed by atoms with Gasteiger partial charge in [-0.25, -0.2) is 4.98 Å².